The van der Waals surface area contributed by atoms with Gasteiger partial charge in [0.05, 0.1) is 9.79 Å². The van der Waals surface area contributed by atoms with E-state index in [2.05, 4.69) is 0 Å². The van der Waals surface area contributed by atoms with E-state index in [0.29, 0.717) is 6.07 Å². The predicted octanol–water partition coefficient (Wildman–Crippen LogP) is -5.64. The third-order valence-electron chi connectivity index (χ3n) is 2.48. The van der Waals surface area contributed by atoms with Gasteiger partial charge in [-0.05, 0) is 6.07 Å². The number of fused-ring (bicyclic) bond motifs is 1. The normalized spacial score (nSPS) is 11.5. The van der Waals surface area contributed by atoms with Crippen LogP contribution in [-0.2, 0) is 20.2 Å². The van der Waals surface area contributed by atoms with Crippen molar-refractivity contribution in [3.63, 3.8) is 0 Å². The van der Waals surface area contributed by atoms with Crippen LogP contribution in [0.15, 0.2) is 40.1 Å². The maximum absolute atomic E-state index is 11.1. The van der Waals surface area contributed by atoms with Crippen LogP contribution in [0.25, 0.3) is 10.8 Å². The van der Waals surface area contributed by atoms with Crippen molar-refractivity contribution >= 4 is 31.0 Å². The summed E-state index contributed by atoms with van der Waals surface area (Å²) in [4.78, 5) is -2.00. The van der Waals surface area contributed by atoms with Gasteiger partial charge in [0, 0.05) is 10.8 Å². The fourth-order valence-corrected chi connectivity index (χ4v) is 3.09. The van der Waals surface area contributed by atoms with Gasteiger partial charge in [-0.25, -0.2) is 16.8 Å². The van der Waals surface area contributed by atoms with E-state index < -0.39 is 35.8 Å². The maximum Gasteiger partial charge on any atom is 1.00 e. The summed E-state index contributed by atoms with van der Waals surface area (Å²) in [6.45, 7) is 0. The van der Waals surface area contributed by atoms with Crippen LogP contribution < -0.4 is 103 Å². The first kappa shape index (κ1) is 22.6. The summed E-state index contributed by atoms with van der Waals surface area (Å²) in [7, 11) is -10.1. The predicted molar refractivity (Wildman–Crippen MR) is 61.5 cm³/mol. The van der Waals surface area contributed by atoms with Gasteiger partial charge in [-0.2, -0.15) is 0 Å². The molecular weight excluding hydrogens is 374 g/mol. The second-order valence-corrected chi connectivity index (χ2v) is 6.37. The van der Waals surface area contributed by atoms with Crippen molar-refractivity contribution in [3.8, 4) is 5.75 Å². The minimum atomic E-state index is -5.11. The Kier molecular flexibility index (Phi) is 8.73. The van der Waals surface area contributed by atoms with E-state index in [9.17, 15) is 31.0 Å². The van der Waals surface area contributed by atoms with Crippen molar-refractivity contribution in [2.24, 2.45) is 0 Å². The van der Waals surface area contributed by atoms with Gasteiger partial charge >= 0.3 is 103 Å². The van der Waals surface area contributed by atoms with Crippen LogP contribution in [0.2, 0.25) is 0 Å². The maximum atomic E-state index is 11.1. The van der Waals surface area contributed by atoms with Gasteiger partial charge in [0.25, 0.3) is 0 Å². The molecule has 11 heteroatoms. The van der Waals surface area contributed by atoms with E-state index in [4.69, 9.17) is 0 Å². The molecule has 0 aliphatic heterocycles. The molecule has 0 bridgehead atoms. The summed E-state index contributed by atoms with van der Waals surface area (Å²) < 4.78 is 66.2. The van der Waals surface area contributed by atoms with Crippen molar-refractivity contribution in [1.29, 1.82) is 0 Å². The fraction of sp³-hybridized carbons (Fsp3) is 0. The molecule has 0 saturated carbocycles. The van der Waals surface area contributed by atoms with Crippen molar-refractivity contribution in [1.82, 2.24) is 0 Å². The van der Waals surface area contributed by atoms with Crippen molar-refractivity contribution in [3.05, 3.63) is 30.3 Å². The van der Waals surface area contributed by atoms with Crippen LogP contribution in [0.5, 0.6) is 5.75 Å². The average Bonchev–Trinajstić information content (AvgIpc) is 2.26. The molecule has 0 heterocycles. The van der Waals surface area contributed by atoms with Gasteiger partial charge in [0.1, 0.15) is 26.0 Å². The van der Waals surface area contributed by atoms with E-state index in [1.807, 2.05) is 0 Å². The summed E-state index contributed by atoms with van der Waals surface area (Å²) in [5, 5.41) is 9.35. The zero-order valence-corrected chi connectivity index (χ0v) is 19.0. The van der Waals surface area contributed by atoms with Crippen molar-refractivity contribution in [2.45, 2.75) is 9.79 Å². The molecule has 0 spiro atoms. The van der Waals surface area contributed by atoms with Crippen LogP contribution >= 0.6 is 0 Å². The Hall–Kier alpha value is 1.59. The fourth-order valence-electron chi connectivity index (χ4n) is 1.70. The minimum Gasteiger partial charge on any atom is -0.744 e. The molecule has 0 aromatic heterocycles. The molecule has 1 N–H and O–H groups in total. The van der Waals surface area contributed by atoms with Gasteiger partial charge in [-0.3, -0.25) is 0 Å². The van der Waals surface area contributed by atoms with E-state index in [0.717, 1.165) is 0 Å². The summed E-state index contributed by atoms with van der Waals surface area (Å²) in [6.07, 6.45) is 0. The van der Waals surface area contributed by atoms with Crippen LogP contribution in [0, 0.1) is 0 Å². The minimum absolute atomic E-state index is 0. The number of phenols is 1. The van der Waals surface area contributed by atoms with E-state index in [1.54, 1.807) is 0 Å². The topological polar surface area (TPSA) is 135 Å². The number of phenolic OH excluding ortho intramolecular Hbond substituents is 1. The molecule has 7 nitrogen and oxygen atoms in total. The van der Waals surface area contributed by atoms with Crippen molar-refractivity contribution < 1.29 is 134 Å². The smallest absolute Gasteiger partial charge is 0.744 e. The average molecular weight is 380 g/mol. The van der Waals surface area contributed by atoms with Crippen molar-refractivity contribution in [2.75, 3.05) is 0 Å². The first-order valence-electron chi connectivity index (χ1n) is 4.79. The molecule has 2 aromatic rings. The van der Waals surface area contributed by atoms with E-state index in [-0.39, 0.29) is 114 Å². The monoisotopic (exact) mass is 380 g/mol. The zero-order valence-electron chi connectivity index (χ0n) is 11.1. The van der Waals surface area contributed by atoms with Gasteiger partial charge in [0.2, 0.25) is 0 Å². The second kappa shape index (κ2) is 8.11. The summed E-state index contributed by atoms with van der Waals surface area (Å²) in [6, 6.07) is 5.60. The first-order valence-corrected chi connectivity index (χ1v) is 7.60. The summed E-state index contributed by atoms with van der Waals surface area (Å²) >= 11 is 0. The van der Waals surface area contributed by atoms with Crippen LogP contribution in [0.3, 0.4) is 0 Å². The van der Waals surface area contributed by atoms with E-state index in [1.165, 1.54) is 24.3 Å². The Balaban J connectivity index is 0.00000200. The number of hydrogen-bond acceptors (Lipinski definition) is 7. The molecular formula is C10H6K2O7S2. The molecule has 0 saturated heterocycles. The molecule has 0 amide bonds. The van der Waals surface area contributed by atoms with Gasteiger partial charge in [0.15, 0.2) is 0 Å². The molecule has 102 valence electrons. The Morgan fingerprint density at radius 3 is 1.67 bits per heavy atom. The molecule has 21 heavy (non-hydrogen) atoms. The molecule has 2 rings (SSSR count). The Bertz CT molecular complexity index is 876. The third-order valence-corrected chi connectivity index (χ3v) is 4.21. The Morgan fingerprint density at radius 1 is 0.810 bits per heavy atom. The molecule has 0 aliphatic rings. The molecule has 0 fully saturated rings. The Morgan fingerprint density at radius 2 is 1.24 bits per heavy atom. The zero-order chi connectivity index (χ0) is 14.4. The number of aromatic hydroxyl groups is 1. The molecule has 0 radical (unpaired) electrons. The number of rotatable bonds is 2. The molecule has 0 aliphatic carbocycles. The molecule has 2 aromatic carbocycles. The summed E-state index contributed by atoms with van der Waals surface area (Å²) in [5.74, 6) is -0.877. The quantitative estimate of drug-likeness (QED) is 0.405. The van der Waals surface area contributed by atoms with Crippen LogP contribution in [0.4, 0.5) is 0 Å². The third kappa shape index (κ3) is 5.03. The van der Waals surface area contributed by atoms with Gasteiger partial charge in [-0.15, -0.1) is 0 Å². The molecule has 0 atom stereocenters. The van der Waals surface area contributed by atoms with Crippen LogP contribution in [-0.4, -0.2) is 31.0 Å². The Labute approximate surface area is 206 Å². The van der Waals surface area contributed by atoms with Gasteiger partial charge in [-0.1, -0.05) is 24.3 Å². The number of benzene rings is 2. The van der Waals surface area contributed by atoms with E-state index >= 15 is 0 Å². The second-order valence-electron chi connectivity index (χ2n) is 3.68. The van der Waals surface area contributed by atoms with Crippen LogP contribution in [0.1, 0.15) is 0 Å². The number of hydrogen-bond donors (Lipinski definition) is 1. The first-order chi connectivity index (χ1) is 8.62. The van der Waals surface area contributed by atoms with Gasteiger partial charge < -0.3 is 14.2 Å². The molecule has 0 unspecified atom stereocenters. The largest absolute Gasteiger partial charge is 1.00 e. The summed E-state index contributed by atoms with van der Waals surface area (Å²) in [5.41, 5.74) is 0. The standard InChI is InChI=1S/C10H8O7S2.2K/c11-10-7-4-2-1-3-6(7)8(18(12,13)14)5-9(10)19(15,16)17;;/h1-5,11H,(H,12,13,14)(H,15,16,17);;/q;2*+1/p-2. The SMILES string of the molecule is O=S(=O)([O-])c1cc(S(=O)(=O)[O-])c2ccccc2c1O.[K+].[K+].